The zero-order valence-electron chi connectivity index (χ0n) is 25.5. The quantitative estimate of drug-likeness (QED) is 0.0764. The first-order valence-corrected chi connectivity index (χ1v) is 18.3. The number of benzene rings is 3. The summed E-state index contributed by atoms with van der Waals surface area (Å²) in [6, 6.07) is 31.1. The summed E-state index contributed by atoms with van der Waals surface area (Å²) in [6.45, 7) is 12.9. The van der Waals surface area contributed by atoms with E-state index in [0.717, 1.165) is 16.7 Å². The van der Waals surface area contributed by atoms with Crippen LogP contribution in [-0.4, -0.2) is 87.6 Å². The number of hydrogen-bond donors (Lipinski definition) is 0. The lowest BCUT2D eigenvalue weighted by Crippen LogP contribution is -2.34. The van der Waals surface area contributed by atoms with Crippen LogP contribution >= 0.6 is 0 Å². The van der Waals surface area contributed by atoms with Crippen molar-refractivity contribution >= 4 is 8.32 Å². The highest BCUT2D eigenvalue weighted by molar-refractivity contribution is 6.69. The molecule has 8 heteroatoms. The Bertz CT molecular complexity index is 965. The molecule has 0 aliphatic rings. The molecule has 0 saturated heterocycles. The van der Waals surface area contributed by atoms with E-state index < -0.39 is 13.9 Å². The van der Waals surface area contributed by atoms with E-state index in [1.165, 1.54) is 0 Å². The van der Waals surface area contributed by atoms with E-state index >= 15 is 0 Å². The molecule has 0 saturated carbocycles. The summed E-state index contributed by atoms with van der Waals surface area (Å²) in [5.74, 6) is 0. The lowest BCUT2D eigenvalue weighted by Gasteiger charge is -2.36. The molecule has 0 bridgehead atoms. The Morgan fingerprint density at radius 2 is 0.690 bits per heavy atom. The van der Waals surface area contributed by atoms with Gasteiger partial charge in [-0.1, -0.05) is 91.0 Å². The molecule has 0 atom stereocenters. The zero-order chi connectivity index (χ0) is 29.8. The van der Waals surface area contributed by atoms with E-state index in [1.54, 1.807) is 0 Å². The molecule has 0 amide bonds. The molecule has 42 heavy (non-hydrogen) atoms. The van der Waals surface area contributed by atoms with Crippen molar-refractivity contribution in [1.29, 1.82) is 0 Å². The summed E-state index contributed by atoms with van der Waals surface area (Å²) in [5.41, 5.74) is 2.49. The molecular formula is C34H48O7Si. The van der Waals surface area contributed by atoms with Gasteiger partial charge in [0.05, 0.1) is 79.3 Å². The summed E-state index contributed by atoms with van der Waals surface area (Å²) in [5, 5.41) is 0. The summed E-state index contributed by atoms with van der Waals surface area (Å²) >= 11 is 0. The summed E-state index contributed by atoms with van der Waals surface area (Å²) < 4.78 is 40.5. The summed E-state index contributed by atoms with van der Waals surface area (Å²) in [6.07, 6.45) is 0. The first-order valence-electron chi connectivity index (χ1n) is 14.9. The molecule has 0 unspecified atom stereocenters. The van der Waals surface area contributed by atoms with Crippen molar-refractivity contribution in [3.63, 3.8) is 0 Å². The van der Waals surface area contributed by atoms with Crippen LogP contribution in [0.25, 0.3) is 0 Å². The van der Waals surface area contributed by atoms with Gasteiger partial charge in [0, 0.05) is 0 Å². The number of rotatable bonds is 23. The highest BCUT2D eigenvalue weighted by atomic mass is 28.4. The van der Waals surface area contributed by atoms with Crippen LogP contribution in [0.4, 0.5) is 0 Å². The molecule has 0 N–H and O–H groups in total. The normalized spacial score (nSPS) is 12.1. The number of hydrogen-bond acceptors (Lipinski definition) is 7. The molecule has 0 heterocycles. The lowest BCUT2D eigenvalue weighted by atomic mass is 9.80. The molecule has 3 rings (SSSR count). The Kier molecular flexibility index (Phi) is 16.0. The second kappa shape index (κ2) is 19.7. The second-order valence-corrected chi connectivity index (χ2v) is 15.2. The average Bonchev–Trinajstić information content (AvgIpc) is 3.01. The zero-order valence-corrected chi connectivity index (χ0v) is 26.5. The Hall–Kier alpha value is -2.40. The largest absolute Gasteiger partial charge is 0.415 e. The Morgan fingerprint density at radius 3 is 1.00 bits per heavy atom. The molecular weight excluding hydrogens is 548 g/mol. The van der Waals surface area contributed by atoms with Crippen LogP contribution < -0.4 is 0 Å². The van der Waals surface area contributed by atoms with Crippen molar-refractivity contribution in [1.82, 2.24) is 0 Å². The third-order valence-electron chi connectivity index (χ3n) is 6.34. The highest BCUT2D eigenvalue weighted by Gasteiger charge is 2.37. The van der Waals surface area contributed by atoms with Gasteiger partial charge in [0.25, 0.3) is 0 Å². The second-order valence-electron chi connectivity index (χ2n) is 10.7. The minimum absolute atomic E-state index is 0.430. The van der Waals surface area contributed by atoms with Gasteiger partial charge in [-0.25, -0.2) is 0 Å². The van der Waals surface area contributed by atoms with Gasteiger partial charge < -0.3 is 32.8 Å². The number of ether oxygens (including phenoxy) is 6. The standard InChI is InChI=1S/C34H48O7Si/c1-42(2,3)41-30-28-39-26-24-37-22-20-35-19-21-36-23-25-38-27-29-40-34(31-13-7-4-8-14-31,32-15-9-5-10-16-32)33-17-11-6-12-18-33/h4-18H,19-30H2,1-3H3. The predicted octanol–water partition coefficient (Wildman–Crippen LogP) is 5.93. The van der Waals surface area contributed by atoms with E-state index in [2.05, 4.69) is 56.0 Å². The molecule has 0 aliphatic carbocycles. The predicted molar refractivity (Wildman–Crippen MR) is 169 cm³/mol. The molecule has 7 nitrogen and oxygen atoms in total. The third kappa shape index (κ3) is 12.4. The van der Waals surface area contributed by atoms with Gasteiger partial charge in [0.1, 0.15) is 5.60 Å². The fourth-order valence-corrected chi connectivity index (χ4v) is 5.11. The maximum atomic E-state index is 6.71. The molecule has 230 valence electrons. The van der Waals surface area contributed by atoms with Crippen LogP contribution in [0, 0.1) is 0 Å². The van der Waals surface area contributed by atoms with E-state index in [4.69, 9.17) is 32.8 Å². The Balaban J connectivity index is 1.27. The van der Waals surface area contributed by atoms with E-state index in [-0.39, 0.29) is 0 Å². The van der Waals surface area contributed by atoms with Crippen LogP contribution in [0.2, 0.25) is 19.6 Å². The fraction of sp³-hybridized carbons (Fsp3) is 0.471. The topological polar surface area (TPSA) is 64.6 Å². The van der Waals surface area contributed by atoms with Crippen LogP contribution in [0.15, 0.2) is 91.0 Å². The van der Waals surface area contributed by atoms with Gasteiger partial charge in [-0.2, -0.15) is 0 Å². The highest BCUT2D eigenvalue weighted by Crippen LogP contribution is 2.40. The molecule has 3 aromatic carbocycles. The maximum Gasteiger partial charge on any atom is 0.183 e. The minimum atomic E-state index is -1.46. The van der Waals surface area contributed by atoms with Gasteiger partial charge in [-0.3, -0.25) is 0 Å². The smallest absolute Gasteiger partial charge is 0.183 e. The fourth-order valence-electron chi connectivity index (χ4n) is 4.41. The van der Waals surface area contributed by atoms with E-state index in [0.29, 0.717) is 79.3 Å². The van der Waals surface area contributed by atoms with Gasteiger partial charge >= 0.3 is 0 Å². The molecule has 0 aromatic heterocycles. The van der Waals surface area contributed by atoms with Crippen molar-refractivity contribution in [2.24, 2.45) is 0 Å². The van der Waals surface area contributed by atoms with Crippen molar-refractivity contribution in [2.45, 2.75) is 25.2 Å². The minimum Gasteiger partial charge on any atom is -0.415 e. The van der Waals surface area contributed by atoms with Gasteiger partial charge in [0.2, 0.25) is 0 Å². The Labute approximate surface area is 253 Å². The van der Waals surface area contributed by atoms with E-state index in [1.807, 2.05) is 54.6 Å². The van der Waals surface area contributed by atoms with Crippen molar-refractivity contribution in [3.05, 3.63) is 108 Å². The van der Waals surface area contributed by atoms with Crippen LogP contribution in [-0.2, 0) is 38.4 Å². The molecule has 0 radical (unpaired) electrons. The first-order chi connectivity index (χ1) is 20.5. The van der Waals surface area contributed by atoms with E-state index in [9.17, 15) is 0 Å². The van der Waals surface area contributed by atoms with Crippen molar-refractivity contribution in [2.75, 3.05) is 79.3 Å². The molecule has 0 fully saturated rings. The average molecular weight is 597 g/mol. The Morgan fingerprint density at radius 1 is 0.405 bits per heavy atom. The first kappa shape index (κ1) is 34.1. The van der Waals surface area contributed by atoms with Gasteiger partial charge in [-0.15, -0.1) is 0 Å². The SMILES string of the molecule is C[Si](C)(C)OCCOCCOCCOCCOCCOCCOC(c1ccccc1)(c1ccccc1)c1ccccc1. The molecule has 0 aliphatic heterocycles. The van der Waals surface area contributed by atoms with Crippen LogP contribution in [0.3, 0.4) is 0 Å². The van der Waals surface area contributed by atoms with Crippen LogP contribution in [0.5, 0.6) is 0 Å². The van der Waals surface area contributed by atoms with Gasteiger partial charge in [-0.05, 0) is 36.3 Å². The lowest BCUT2D eigenvalue weighted by molar-refractivity contribution is -0.0392. The summed E-state index contributed by atoms with van der Waals surface area (Å²) in [7, 11) is -1.46. The molecule has 3 aromatic rings. The maximum absolute atomic E-state index is 6.71. The van der Waals surface area contributed by atoms with Crippen molar-refractivity contribution in [3.8, 4) is 0 Å². The van der Waals surface area contributed by atoms with Crippen LogP contribution in [0.1, 0.15) is 16.7 Å². The monoisotopic (exact) mass is 596 g/mol. The van der Waals surface area contributed by atoms with Gasteiger partial charge in [0.15, 0.2) is 8.32 Å². The third-order valence-corrected chi connectivity index (χ3v) is 7.41. The molecule has 0 spiro atoms. The summed E-state index contributed by atoms with van der Waals surface area (Å²) in [4.78, 5) is 0. The van der Waals surface area contributed by atoms with Crippen molar-refractivity contribution < 1.29 is 32.8 Å².